The highest BCUT2D eigenvalue weighted by molar-refractivity contribution is 7.99. The van der Waals surface area contributed by atoms with Gasteiger partial charge in [-0.3, -0.25) is 9.36 Å². The van der Waals surface area contributed by atoms with Gasteiger partial charge in [-0.1, -0.05) is 29.4 Å². The monoisotopic (exact) mass is 325 g/mol. The van der Waals surface area contributed by atoms with Crippen molar-refractivity contribution < 1.29 is 4.79 Å². The van der Waals surface area contributed by atoms with Crippen molar-refractivity contribution >= 4 is 40.9 Å². The molecule has 1 heterocycles. The molecule has 1 amide bonds. The molecule has 0 aliphatic carbocycles. The van der Waals surface area contributed by atoms with E-state index in [9.17, 15) is 4.79 Å². The molecular formula is C13H16ClN5OS. The molecule has 3 N–H and O–H groups in total. The second-order valence-electron chi connectivity index (χ2n) is 4.68. The Morgan fingerprint density at radius 3 is 2.71 bits per heavy atom. The van der Waals surface area contributed by atoms with Gasteiger partial charge in [0.2, 0.25) is 11.9 Å². The molecule has 0 saturated carbocycles. The molecule has 2 rings (SSSR count). The van der Waals surface area contributed by atoms with Crippen molar-refractivity contribution in [1.82, 2.24) is 14.8 Å². The number of thioether (sulfide) groups is 1. The molecule has 6 nitrogen and oxygen atoms in total. The summed E-state index contributed by atoms with van der Waals surface area (Å²) in [4.78, 5) is 12.0. The number of anilines is 2. The summed E-state index contributed by atoms with van der Waals surface area (Å²) in [6, 6.07) is 3.79. The number of rotatable bonds is 4. The molecule has 0 radical (unpaired) electrons. The van der Waals surface area contributed by atoms with Gasteiger partial charge in [0.1, 0.15) is 0 Å². The van der Waals surface area contributed by atoms with E-state index >= 15 is 0 Å². The Kier molecular flexibility index (Phi) is 4.74. The summed E-state index contributed by atoms with van der Waals surface area (Å²) in [6.07, 6.45) is 0. The summed E-state index contributed by atoms with van der Waals surface area (Å²) in [5.74, 6) is 0.362. The molecule has 0 spiro atoms. The Morgan fingerprint density at radius 2 is 2.14 bits per heavy atom. The number of hydrogen-bond donors (Lipinski definition) is 2. The van der Waals surface area contributed by atoms with Crippen molar-refractivity contribution in [3.05, 3.63) is 28.3 Å². The molecule has 0 unspecified atom stereocenters. The number of carbonyl (C=O) groups is 1. The highest BCUT2D eigenvalue weighted by atomic mass is 35.5. The average Bonchev–Trinajstić information content (AvgIpc) is 2.72. The maximum Gasteiger partial charge on any atom is 0.234 e. The predicted octanol–water partition coefficient (Wildman–Crippen LogP) is 2.40. The molecule has 0 atom stereocenters. The first kappa shape index (κ1) is 15.7. The molecule has 1 aromatic heterocycles. The Balaban J connectivity index is 2.01. The van der Waals surface area contributed by atoms with E-state index in [1.54, 1.807) is 11.6 Å². The Labute approximate surface area is 132 Å². The zero-order chi connectivity index (χ0) is 15.6. The van der Waals surface area contributed by atoms with Crippen LogP contribution in [0.1, 0.15) is 11.1 Å². The summed E-state index contributed by atoms with van der Waals surface area (Å²) in [7, 11) is 1.75. The van der Waals surface area contributed by atoms with Gasteiger partial charge in [-0.25, -0.2) is 0 Å². The predicted molar refractivity (Wildman–Crippen MR) is 85.7 cm³/mol. The van der Waals surface area contributed by atoms with Crippen LogP contribution in [0.3, 0.4) is 0 Å². The van der Waals surface area contributed by atoms with Gasteiger partial charge in [0.05, 0.1) is 16.5 Å². The number of aryl methyl sites for hydroxylation is 2. The fourth-order valence-corrected chi connectivity index (χ4v) is 2.92. The molecule has 0 bridgehead atoms. The van der Waals surface area contributed by atoms with Crippen LogP contribution in [0.15, 0.2) is 17.3 Å². The molecule has 1 aromatic carbocycles. The number of halogens is 1. The van der Waals surface area contributed by atoms with Gasteiger partial charge >= 0.3 is 0 Å². The molecule has 0 aliphatic rings. The number of hydrogen-bond acceptors (Lipinski definition) is 5. The summed E-state index contributed by atoms with van der Waals surface area (Å²) in [6.45, 7) is 3.86. The van der Waals surface area contributed by atoms with E-state index in [-0.39, 0.29) is 11.7 Å². The fourth-order valence-electron chi connectivity index (χ4n) is 1.83. The summed E-state index contributed by atoms with van der Waals surface area (Å²) in [5, 5.41) is 11.6. The molecule has 21 heavy (non-hydrogen) atoms. The normalized spacial score (nSPS) is 10.7. The maximum absolute atomic E-state index is 12.0. The van der Waals surface area contributed by atoms with Crippen LogP contribution in [0.5, 0.6) is 0 Å². The van der Waals surface area contributed by atoms with Crippen LogP contribution in [0.2, 0.25) is 5.02 Å². The Hall–Kier alpha value is -1.73. The Bertz CT molecular complexity index is 662. The number of aromatic nitrogens is 3. The lowest BCUT2D eigenvalue weighted by molar-refractivity contribution is -0.113. The second kappa shape index (κ2) is 6.36. The first-order valence-electron chi connectivity index (χ1n) is 6.22. The summed E-state index contributed by atoms with van der Waals surface area (Å²) < 4.78 is 1.63. The van der Waals surface area contributed by atoms with Crippen LogP contribution in [0, 0.1) is 13.8 Å². The van der Waals surface area contributed by atoms with E-state index in [1.807, 2.05) is 26.0 Å². The molecule has 2 aromatic rings. The van der Waals surface area contributed by atoms with Gasteiger partial charge < -0.3 is 11.1 Å². The minimum atomic E-state index is -0.157. The number of amides is 1. The van der Waals surface area contributed by atoms with Crippen LogP contribution in [0.25, 0.3) is 0 Å². The number of nitrogen functional groups attached to an aromatic ring is 1. The largest absolute Gasteiger partial charge is 0.368 e. The minimum absolute atomic E-state index is 0.157. The fraction of sp³-hybridized carbons (Fsp3) is 0.308. The van der Waals surface area contributed by atoms with Gasteiger partial charge in [-0.05, 0) is 31.0 Å². The third-order valence-electron chi connectivity index (χ3n) is 2.90. The summed E-state index contributed by atoms with van der Waals surface area (Å²) in [5.41, 5.74) is 8.21. The quantitative estimate of drug-likeness (QED) is 0.843. The third kappa shape index (κ3) is 3.68. The van der Waals surface area contributed by atoms with Crippen molar-refractivity contribution in [2.45, 2.75) is 19.0 Å². The molecule has 0 saturated heterocycles. The zero-order valence-corrected chi connectivity index (χ0v) is 13.5. The van der Waals surface area contributed by atoms with Crippen LogP contribution < -0.4 is 11.1 Å². The average molecular weight is 326 g/mol. The topological polar surface area (TPSA) is 85.8 Å². The zero-order valence-electron chi connectivity index (χ0n) is 12.0. The second-order valence-corrected chi connectivity index (χ2v) is 6.02. The first-order valence-corrected chi connectivity index (χ1v) is 7.59. The lowest BCUT2D eigenvalue weighted by Crippen LogP contribution is -2.15. The third-order valence-corrected chi connectivity index (χ3v) is 4.22. The SMILES string of the molecule is Cc1cc(C)c(NC(=O)CSc2nnc(N)n2C)c(Cl)c1. The molecule has 8 heteroatoms. The number of carbonyl (C=O) groups excluding carboxylic acids is 1. The highest BCUT2D eigenvalue weighted by Crippen LogP contribution is 2.27. The van der Waals surface area contributed by atoms with Gasteiger partial charge in [0, 0.05) is 7.05 Å². The molecule has 112 valence electrons. The van der Waals surface area contributed by atoms with Crippen LogP contribution in [-0.4, -0.2) is 26.4 Å². The van der Waals surface area contributed by atoms with Gasteiger partial charge in [-0.15, -0.1) is 10.2 Å². The summed E-state index contributed by atoms with van der Waals surface area (Å²) >= 11 is 7.42. The Morgan fingerprint density at radius 1 is 1.43 bits per heavy atom. The van der Waals surface area contributed by atoms with Gasteiger partial charge in [0.25, 0.3) is 0 Å². The first-order chi connectivity index (χ1) is 9.88. The highest BCUT2D eigenvalue weighted by Gasteiger charge is 2.12. The van der Waals surface area contributed by atoms with E-state index in [1.165, 1.54) is 11.8 Å². The standard InChI is InChI=1S/C13H16ClN5OS/c1-7-4-8(2)11(9(14)5-7)16-10(20)6-21-13-18-17-12(15)19(13)3/h4-5H,6H2,1-3H3,(H2,15,17)(H,16,20). The number of nitrogens with zero attached hydrogens (tertiary/aromatic N) is 3. The van der Waals surface area contributed by atoms with Gasteiger partial charge in [0.15, 0.2) is 5.16 Å². The van der Waals surface area contributed by atoms with Crippen LogP contribution in [0.4, 0.5) is 11.6 Å². The number of nitrogens with one attached hydrogen (secondary N) is 1. The van der Waals surface area contributed by atoms with Gasteiger partial charge in [-0.2, -0.15) is 0 Å². The van der Waals surface area contributed by atoms with E-state index in [2.05, 4.69) is 15.5 Å². The molecule has 0 fully saturated rings. The minimum Gasteiger partial charge on any atom is -0.368 e. The molecular weight excluding hydrogens is 310 g/mol. The van der Waals surface area contributed by atoms with Crippen molar-refractivity contribution in [1.29, 1.82) is 0 Å². The smallest absolute Gasteiger partial charge is 0.234 e. The van der Waals surface area contributed by atoms with Crippen molar-refractivity contribution in [2.75, 3.05) is 16.8 Å². The van der Waals surface area contributed by atoms with Crippen molar-refractivity contribution in [3.8, 4) is 0 Å². The number of nitrogens with two attached hydrogens (primary N) is 1. The van der Waals surface area contributed by atoms with Crippen molar-refractivity contribution in [2.24, 2.45) is 7.05 Å². The lowest BCUT2D eigenvalue weighted by atomic mass is 10.1. The number of benzene rings is 1. The van der Waals surface area contributed by atoms with E-state index < -0.39 is 0 Å². The van der Waals surface area contributed by atoms with Crippen LogP contribution in [-0.2, 0) is 11.8 Å². The van der Waals surface area contributed by atoms with Crippen LogP contribution >= 0.6 is 23.4 Å². The van der Waals surface area contributed by atoms with E-state index in [4.69, 9.17) is 17.3 Å². The van der Waals surface area contributed by atoms with E-state index in [0.29, 0.717) is 21.8 Å². The lowest BCUT2D eigenvalue weighted by Gasteiger charge is -2.11. The molecule has 0 aliphatic heterocycles. The van der Waals surface area contributed by atoms with Crippen molar-refractivity contribution in [3.63, 3.8) is 0 Å². The maximum atomic E-state index is 12.0. The van der Waals surface area contributed by atoms with E-state index in [0.717, 1.165) is 11.1 Å².